The van der Waals surface area contributed by atoms with Crippen LogP contribution in [0.25, 0.3) is 0 Å². The third-order valence-corrected chi connectivity index (χ3v) is 4.59. The SMILES string of the molecule is Cc1nc(S[C@@H]2CC(=O)N(c3ccc(Br)cc3)C2=O)n[nH]1. The van der Waals surface area contributed by atoms with Crippen LogP contribution in [0.1, 0.15) is 12.2 Å². The van der Waals surface area contributed by atoms with Gasteiger partial charge in [0.05, 0.1) is 5.69 Å². The molecule has 3 rings (SSSR count). The third kappa shape index (κ3) is 2.86. The lowest BCUT2D eigenvalue weighted by molar-refractivity contribution is -0.121. The zero-order valence-electron chi connectivity index (χ0n) is 11.0. The van der Waals surface area contributed by atoms with Gasteiger partial charge >= 0.3 is 0 Å². The number of hydrogen-bond acceptors (Lipinski definition) is 5. The minimum absolute atomic E-state index is 0.160. The molecule has 108 valence electrons. The Morgan fingerprint density at radius 2 is 2.05 bits per heavy atom. The van der Waals surface area contributed by atoms with Crippen LogP contribution >= 0.6 is 27.7 Å². The summed E-state index contributed by atoms with van der Waals surface area (Å²) in [6.45, 7) is 1.78. The molecule has 2 heterocycles. The Labute approximate surface area is 133 Å². The van der Waals surface area contributed by atoms with Gasteiger partial charge in [-0.2, -0.15) is 0 Å². The summed E-state index contributed by atoms with van der Waals surface area (Å²) in [4.78, 5) is 29.9. The van der Waals surface area contributed by atoms with Crippen molar-refractivity contribution < 1.29 is 9.59 Å². The fraction of sp³-hybridized carbons (Fsp3) is 0.231. The van der Waals surface area contributed by atoms with Gasteiger partial charge in [0.15, 0.2) is 0 Å². The first-order valence-electron chi connectivity index (χ1n) is 6.22. The minimum Gasteiger partial charge on any atom is -0.274 e. The topological polar surface area (TPSA) is 79.0 Å². The van der Waals surface area contributed by atoms with Crippen LogP contribution in [0.2, 0.25) is 0 Å². The molecule has 1 aliphatic rings. The van der Waals surface area contributed by atoms with Crippen LogP contribution in [0, 0.1) is 6.92 Å². The molecule has 8 heteroatoms. The summed E-state index contributed by atoms with van der Waals surface area (Å²) >= 11 is 4.54. The first-order chi connectivity index (χ1) is 10.0. The molecule has 0 saturated carbocycles. The zero-order chi connectivity index (χ0) is 15.0. The second-order valence-corrected chi connectivity index (χ2v) is 6.64. The quantitative estimate of drug-likeness (QED) is 0.843. The molecule has 1 fully saturated rings. The van der Waals surface area contributed by atoms with Crippen molar-refractivity contribution in [3.8, 4) is 0 Å². The van der Waals surface area contributed by atoms with E-state index in [4.69, 9.17) is 0 Å². The Hall–Kier alpha value is -1.67. The number of anilines is 1. The number of H-pyrrole nitrogens is 1. The number of halogens is 1. The van der Waals surface area contributed by atoms with E-state index in [1.54, 1.807) is 31.2 Å². The lowest BCUT2D eigenvalue weighted by Gasteiger charge is -2.14. The molecule has 6 nitrogen and oxygen atoms in total. The number of thioether (sulfide) groups is 1. The molecule has 0 radical (unpaired) electrons. The van der Waals surface area contributed by atoms with E-state index in [1.807, 2.05) is 0 Å². The number of nitrogens with one attached hydrogen (secondary N) is 1. The van der Waals surface area contributed by atoms with Gasteiger partial charge in [-0.15, -0.1) is 5.10 Å². The summed E-state index contributed by atoms with van der Waals surface area (Å²) < 4.78 is 0.896. The smallest absolute Gasteiger partial charge is 0.247 e. The van der Waals surface area contributed by atoms with Gasteiger partial charge in [-0.05, 0) is 31.2 Å². The van der Waals surface area contributed by atoms with Crippen LogP contribution < -0.4 is 4.90 Å². The van der Waals surface area contributed by atoms with E-state index >= 15 is 0 Å². The van der Waals surface area contributed by atoms with Gasteiger partial charge in [0.25, 0.3) is 0 Å². The number of carbonyl (C=O) groups excluding carboxylic acids is 2. The predicted molar refractivity (Wildman–Crippen MR) is 82.0 cm³/mol. The van der Waals surface area contributed by atoms with Crippen molar-refractivity contribution in [1.82, 2.24) is 15.2 Å². The molecule has 1 atom stereocenters. The summed E-state index contributed by atoms with van der Waals surface area (Å²) in [7, 11) is 0. The number of nitrogens with zero attached hydrogens (tertiary/aromatic N) is 3. The Morgan fingerprint density at radius 1 is 1.33 bits per heavy atom. The Kier molecular flexibility index (Phi) is 3.81. The standard InChI is InChI=1S/C13H11BrN4O2S/c1-7-15-13(17-16-7)21-10-6-11(19)18(12(10)20)9-4-2-8(14)3-5-9/h2-5,10H,6H2,1H3,(H,15,16,17)/t10-/m1/s1. The van der Waals surface area contributed by atoms with Gasteiger partial charge in [-0.25, -0.2) is 9.88 Å². The highest BCUT2D eigenvalue weighted by atomic mass is 79.9. The molecule has 1 aromatic heterocycles. The Morgan fingerprint density at radius 3 is 2.67 bits per heavy atom. The van der Waals surface area contributed by atoms with Crippen molar-refractivity contribution in [2.45, 2.75) is 23.8 Å². The van der Waals surface area contributed by atoms with Gasteiger partial charge in [0.2, 0.25) is 17.0 Å². The zero-order valence-corrected chi connectivity index (χ0v) is 13.4. The minimum atomic E-state index is -0.476. The molecule has 0 unspecified atom stereocenters. The maximum atomic E-state index is 12.4. The summed E-state index contributed by atoms with van der Waals surface area (Å²) in [5.74, 6) is 0.251. The molecule has 1 aliphatic heterocycles. The molecule has 21 heavy (non-hydrogen) atoms. The first kappa shape index (κ1) is 14.3. The Bertz CT molecular complexity index is 700. The lowest BCUT2D eigenvalue weighted by Crippen LogP contribution is -2.31. The predicted octanol–water partition coefficient (Wildman–Crippen LogP) is 2.30. The molecule has 0 spiro atoms. The normalized spacial score (nSPS) is 18.6. The number of aromatic amines is 1. The Balaban J connectivity index is 1.80. The molecule has 2 aromatic rings. The van der Waals surface area contributed by atoms with Crippen molar-refractivity contribution >= 4 is 45.2 Å². The van der Waals surface area contributed by atoms with Crippen molar-refractivity contribution in [3.05, 3.63) is 34.6 Å². The summed E-state index contributed by atoms with van der Waals surface area (Å²) in [6.07, 6.45) is 0.160. The number of imide groups is 1. The van der Waals surface area contributed by atoms with Crippen LogP contribution in [0.5, 0.6) is 0 Å². The number of aromatic nitrogens is 3. The van der Waals surface area contributed by atoms with Crippen molar-refractivity contribution in [2.75, 3.05) is 4.90 Å². The van der Waals surface area contributed by atoms with Gasteiger partial charge < -0.3 is 0 Å². The molecule has 0 aliphatic carbocycles. The molecule has 1 aromatic carbocycles. The lowest BCUT2D eigenvalue weighted by atomic mass is 10.3. The third-order valence-electron chi connectivity index (χ3n) is 3.01. The fourth-order valence-electron chi connectivity index (χ4n) is 2.06. The average Bonchev–Trinajstić information content (AvgIpc) is 2.96. The van der Waals surface area contributed by atoms with Gasteiger partial charge in [-0.3, -0.25) is 14.7 Å². The van der Waals surface area contributed by atoms with E-state index in [9.17, 15) is 9.59 Å². The van der Waals surface area contributed by atoms with E-state index in [-0.39, 0.29) is 18.2 Å². The number of amides is 2. The highest BCUT2D eigenvalue weighted by Gasteiger charge is 2.40. The highest BCUT2D eigenvalue weighted by Crippen LogP contribution is 2.32. The van der Waals surface area contributed by atoms with Crippen LogP contribution in [-0.2, 0) is 9.59 Å². The molecule has 1 N–H and O–H groups in total. The highest BCUT2D eigenvalue weighted by molar-refractivity contribution is 9.10. The summed E-state index contributed by atoms with van der Waals surface area (Å²) in [5, 5.41) is 6.71. The van der Waals surface area contributed by atoms with Crippen molar-refractivity contribution in [2.24, 2.45) is 0 Å². The van der Waals surface area contributed by atoms with Gasteiger partial charge in [0.1, 0.15) is 11.1 Å². The van der Waals surface area contributed by atoms with E-state index in [0.29, 0.717) is 16.7 Å². The van der Waals surface area contributed by atoms with E-state index < -0.39 is 5.25 Å². The summed E-state index contributed by atoms with van der Waals surface area (Å²) in [5.41, 5.74) is 0.586. The molecule has 1 saturated heterocycles. The summed E-state index contributed by atoms with van der Waals surface area (Å²) in [6, 6.07) is 7.08. The van der Waals surface area contributed by atoms with Crippen molar-refractivity contribution in [1.29, 1.82) is 0 Å². The number of benzene rings is 1. The van der Waals surface area contributed by atoms with Crippen LogP contribution in [-0.4, -0.2) is 32.2 Å². The first-order valence-corrected chi connectivity index (χ1v) is 7.90. The maximum Gasteiger partial charge on any atom is 0.247 e. The van der Waals surface area contributed by atoms with Crippen LogP contribution in [0.3, 0.4) is 0 Å². The second kappa shape index (κ2) is 5.61. The monoisotopic (exact) mass is 366 g/mol. The van der Waals surface area contributed by atoms with Crippen molar-refractivity contribution in [3.63, 3.8) is 0 Å². The van der Waals surface area contributed by atoms with E-state index in [1.165, 1.54) is 16.7 Å². The molecular formula is C13H11BrN4O2S. The van der Waals surface area contributed by atoms with Crippen LogP contribution in [0.15, 0.2) is 33.9 Å². The van der Waals surface area contributed by atoms with Crippen LogP contribution in [0.4, 0.5) is 5.69 Å². The maximum absolute atomic E-state index is 12.4. The number of carbonyl (C=O) groups is 2. The average molecular weight is 367 g/mol. The fourth-order valence-corrected chi connectivity index (χ4v) is 3.30. The molecule has 2 amide bonds. The van der Waals surface area contributed by atoms with Gasteiger partial charge in [0, 0.05) is 10.9 Å². The van der Waals surface area contributed by atoms with E-state index in [0.717, 1.165) is 4.47 Å². The number of rotatable bonds is 3. The second-order valence-electron chi connectivity index (χ2n) is 4.56. The number of aryl methyl sites for hydroxylation is 1. The number of hydrogen-bond donors (Lipinski definition) is 1. The molecule has 0 bridgehead atoms. The van der Waals surface area contributed by atoms with E-state index in [2.05, 4.69) is 31.1 Å². The molecular weight excluding hydrogens is 356 g/mol. The van der Waals surface area contributed by atoms with Gasteiger partial charge in [-0.1, -0.05) is 27.7 Å². The largest absolute Gasteiger partial charge is 0.274 e.